The molecule has 21 heavy (non-hydrogen) atoms. The number of piperidine rings is 1. The van der Waals surface area contributed by atoms with Gasteiger partial charge < -0.3 is 15.4 Å². The maximum Gasteiger partial charge on any atom is 0.191 e. The van der Waals surface area contributed by atoms with Crippen molar-refractivity contribution in [3.05, 3.63) is 35.9 Å². The van der Waals surface area contributed by atoms with E-state index < -0.39 is 0 Å². The molecule has 1 aromatic carbocycles. The van der Waals surface area contributed by atoms with Crippen molar-refractivity contribution in [2.24, 2.45) is 10.7 Å². The van der Waals surface area contributed by atoms with Crippen molar-refractivity contribution in [2.75, 3.05) is 32.8 Å². The highest BCUT2D eigenvalue weighted by atomic mass is 16.5. The van der Waals surface area contributed by atoms with E-state index in [1.165, 1.54) is 24.8 Å². The summed E-state index contributed by atoms with van der Waals surface area (Å²) in [6, 6.07) is 10.4. The summed E-state index contributed by atoms with van der Waals surface area (Å²) in [5.41, 5.74) is 7.32. The molecule has 1 aliphatic heterocycles. The number of rotatable bonds is 7. The average Bonchev–Trinajstić information content (AvgIpc) is 2.55. The number of likely N-dealkylation sites (tertiary alicyclic amines) is 1. The van der Waals surface area contributed by atoms with E-state index in [1.807, 2.05) is 6.07 Å². The molecule has 0 aliphatic carbocycles. The van der Waals surface area contributed by atoms with E-state index in [-0.39, 0.29) is 0 Å². The van der Waals surface area contributed by atoms with Gasteiger partial charge >= 0.3 is 0 Å². The summed E-state index contributed by atoms with van der Waals surface area (Å²) in [7, 11) is 0. The standard InChI is InChI=1S/C17H27N3O/c18-17(20-12-5-2-6-13-20)19-11-7-14-21-15-10-16-8-3-1-4-9-16/h1,3-4,8-9H,2,5-7,10-15H2,(H2,18,19). The van der Waals surface area contributed by atoms with Gasteiger partial charge in [0.05, 0.1) is 6.61 Å². The monoisotopic (exact) mass is 289 g/mol. The number of nitrogens with zero attached hydrogens (tertiary/aromatic N) is 2. The Morgan fingerprint density at radius 1 is 1.10 bits per heavy atom. The van der Waals surface area contributed by atoms with Crippen molar-refractivity contribution in [3.8, 4) is 0 Å². The minimum absolute atomic E-state index is 0.707. The maximum atomic E-state index is 6.00. The van der Waals surface area contributed by atoms with Crippen LogP contribution in [-0.2, 0) is 11.2 Å². The van der Waals surface area contributed by atoms with E-state index in [2.05, 4.69) is 34.2 Å². The molecule has 0 aromatic heterocycles. The Hall–Kier alpha value is -1.55. The first kappa shape index (κ1) is 15.8. The van der Waals surface area contributed by atoms with Crippen molar-refractivity contribution in [1.29, 1.82) is 0 Å². The zero-order valence-corrected chi connectivity index (χ0v) is 12.8. The lowest BCUT2D eigenvalue weighted by Crippen LogP contribution is -2.40. The van der Waals surface area contributed by atoms with Crippen molar-refractivity contribution < 1.29 is 4.74 Å². The van der Waals surface area contributed by atoms with Gasteiger partial charge in [0.15, 0.2) is 5.96 Å². The van der Waals surface area contributed by atoms with Crippen LogP contribution in [0.3, 0.4) is 0 Å². The predicted molar refractivity (Wildman–Crippen MR) is 87.5 cm³/mol. The van der Waals surface area contributed by atoms with Crippen molar-refractivity contribution in [3.63, 3.8) is 0 Å². The van der Waals surface area contributed by atoms with E-state index in [4.69, 9.17) is 10.5 Å². The first-order valence-electron chi connectivity index (χ1n) is 8.03. The van der Waals surface area contributed by atoms with Gasteiger partial charge in [0.2, 0.25) is 0 Å². The molecule has 0 radical (unpaired) electrons. The average molecular weight is 289 g/mol. The zero-order chi connectivity index (χ0) is 14.8. The normalized spacial score (nSPS) is 16.2. The molecule has 4 nitrogen and oxygen atoms in total. The van der Waals surface area contributed by atoms with Crippen LogP contribution >= 0.6 is 0 Å². The topological polar surface area (TPSA) is 50.9 Å². The number of guanidine groups is 1. The fourth-order valence-corrected chi connectivity index (χ4v) is 2.52. The Kier molecular flexibility index (Phi) is 7.08. The fourth-order valence-electron chi connectivity index (χ4n) is 2.52. The van der Waals surface area contributed by atoms with E-state index in [0.717, 1.165) is 45.7 Å². The summed E-state index contributed by atoms with van der Waals surface area (Å²) < 4.78 is 5.64. The summed E-state index contributed by atoms with van der Waals surface area (Å²) in [6.45, 7) is 4.40. The molecule has 1 saturated heterocycles. The molecule has 0 atom stereocenters. The van der Waals surface area contributed by atoms with E-state index in [0.29, 0.717) is 5.96 Å². The first-order chi connectivity index (χ1) is 10.4. The largest absolute Gasteiger partial charge is 0.381 e. The summed E-state index contributed by atoms with van der Waals surface area (Å²) in [5, 5.41) is 0. The van der Waals surface area contributed by atoms with Crippen LogP contribution in [0.2, 0.25) is 0 Å². The van der Waals surface area contributed by atoms with Gasteiger partial charge in [0.1, 0.15) is 0 Å². The van der Waals surface area contributed by atoms with Crippen LogP contribution in [0.25, 0.3) is 0 Å². The smallest absolute Gasteiger partial charge is 0.191 e. The second-order valence-electron chi connectivity index (χ2n) is 5.49. The number of hydrogen-bond acceptors (Lipinski definition) is 2. The van der Waals surface area contributed by atoms with Crippen molar-refractivity contribution in [2.45, 2.75) is 32.1 Å². The third-order valence-electron chi connectivity index (χ3n) is 3.78. The minimum Gasteiger partial charge on any atom is -0.381 e. The van der Waals surface area contributed by atoms with Crippen LogP contribution < -0.4 is 5.73 Å². The lowest BCUT2D eigenvalue weighted by Gasteiger charge is -2.27. The van der Waals surface area contributed by atoms with E-state index in [9.17, 15) is 0 Å². The van der Waals surface area contributed by atoms with Crippen LogP contribution in [0.1, 0.15) is 31.2 Å². The van der Waals surface area contributed by atoms with Gasteiger partial charge in [-0.15, -0.1) is 0 Å². The highest BCUT2D eigenvalue weighted by Crippen LogP contribution is 2.07. The van der Waals surface area contributed by atoms with Gasteiger partial charge in [0.25, 0.3) is 0 Å². The lowest BCUT2D eigenvalue weighted by atomic mass is 10.1. The SMILES string of the molecule is NC(=NCCCOCCc1ccccc1)N1CCCCC1. The van der Waals surface area contributed by atoms with Crippen molar-refractivity contribution >= 4 is 5.96 Å². The molecule has 1 heterocycles. The van der Waals surface area contributed by atoms with Gasteiger partial charge in [-0.25, -0.2) is 0 Å². The van der Waals surface area contributed by atoms with Gasteiger partial charge in [-0.05, 0) is 37.7 Å². The molecule has 0 spiro atoms. The molecule has 2 N–H and O–H groups in total. The maximum absolute atomic E-state index is 6.00. The first-order valence-corrected chi connectivity index (χ1v) is 8.03. The number of benzene rings is 1. The number of nitrogens with two attached hydrogens (primary N) is 1. The lowest BCUT2D eigenvalue weighted by molar-refractivity contribution is 0.136. The van der Waals surface area contributed by atoms with Crippen molar-refractivity contribution in [1.82, 2.24) is 4.90 Å². The molecule has 1 aromatic rings. The molecule has 2 rings (SSSR count). The Balaban J connectivity index is 1.51. The molecule has 0 unspecified atom stereocenters. The van der Waals surface area contributed by atoms with Crippen LogP contribution in [0.4, 0.5) is 0 Å². The van der Waals surface area contributed by atoms with Crippen LogP contribution in [0.15, 0.2) is 35.3 Å². The second-order valence-corrected chi connectivity index (χ2v) is 5.49. The molecular weight excluding hydrogens is 262 g/mol. The molecular formula is C17H27N3O. The number of ether oxygens (including phenoxy) is 1. The molecule has 0 amide bonds. The highest BCUT2D eigenvalue weighted by Gasteiger charge is 2.11. The van der Waals surface area contributed by atoms with E-state index in [1.54, 1.807) is 0 Å². The fraction of sp³-hybridized carbons (Fsp3) is 0.588. The Morgan fingerprint density at radius 3 is 2.62 bits per heavy atom. The third kappa shape index (κ3) is 6.17. The number of aliphatic imine (C=N–C) groups is 1. The molecule has 116 valence electrons. The predicted octanol–water partition coefficient (Wildman–Crippen LogP) is 2.44. The van der Waals surface area contributed by atoms with Gasteiger partial charge in [-0.2, -0.15) is 0 Å². The van der Waals surface area contributed by atoms with Crippen LogP contribution in [-0.4, -0.2) is 43.7 Å². The van der Waals surface area contributed by atoms with Crippen LogP contribution in [0.5, 0.6) is 0 Å². The molecule has 4 heteroatoms. The summed E-state index contributed by atoms with van der Waals surface area (Å²) in [5.74, 6) is 0.707. The highest BCUT2D eigenvalue weighted by molar-refractivity contribution is 5.78. The summed E-state index contributed by atoms with van der Waals surface area (Å²) in [6.07, 6.45) is 5.69. The molecule has 0 bridgehead atoms. The Labute approximate surface area is 128 Å². The quantitative estimate of drug-likeness (QED) is 0.476. The molecule has 1 aliphatic rings. The second kappa shape index (κ2) is 9.40. The minimum atomic E-state index is 0.707. The molecule has 1 fully saturated rings. The summed E-state index contributed by atoms with van der Waals surface area (Å²) in [4.78, 5) is 6.64. The van der Waals surface area contributed by atoms with Gasteiger partial charge in [0, 0.05) is 26.2 Å². The zero-order valence-electron chi connectivity index (χ0n) is 12.8. The Bertz CT molecular complexity index is 413. The molecule has 0 saturated carbocycles. The Morgan fingerprint density at radius 2 is 1.86 bits per heavy atom. The van der Waals surface area contributed by atoms with Gasteiger partial charge in [-0.3, -0.25) is 4.99 Å². The van der Waals surface area contributed by atoms with E-state index >= 15 is 0 Å². The summed E-state index contributed by atoms with van der Waals surface area (Å²) >= 11 is 0. The third-order valence-corrected chi connectivity index (χ3v) is 3.78. The van der Waals surface area contributed by atoms with Crippen LogP contribution in [0, 0.1) is 0 Å². The number of hydrogen-bond donors (Lipinski definition) is 1. The van der Waals surface area contributed by atoms with Gasteiger partial charge in [-0.1, -0.05) is 30.3 Å².